The minimum absolute atomic E-state index is 0.0481. The molecule has 0 aliphatic carbocycles. The van der Waals surface area contributed by atoms with Crippen molar-refractivity contribution >= 4 is 17.2 Å². The standard InChI is InChI=1S/C15H19N5O2S/c1-11(21)9-19-4-6-20(7-5-19)15(22)13-10-23-14(18-13)12-8-16-2-3-17-12/h2-3,8,10-11,21H,4-7,9H2,1H3/t11-/m1/s1. The van der Waals surface area contributed by atoms with Gasteiger partial charge < -0.3 is 10.0 Å². The fourth-order valence-electron chi connectivity index (χ4n) is 2.57. The molecule has 1 aliphatic heterocycles. The van der Waals surface area contributed by atoms with Crippen LogP contribution >= 0.6 is 11.3 Å². The molecule has 1 fully saturated rings. The molecule has 3 heterocycles. The number of carbonyl (C=O) groups excluding carboxylic acids is 1. The summed E-state index contributed by atoms with van der Waals surface area (Å²) in [4.78, 5) is 29.1. The van der Waals surface area contributed by atoms with Crippen molar-refractivity contribution in [1.29, 1.82) is 0 Å². The number of hydrogen-bond acceptors (Lipinski definition) is 7. The van der Waals surface area contributed by atoms with E-state index in [4.69, 9.17) is 0 Å². The summed E-state index contributed by atoms with van der Waals surface area (Å²) in [5.41, 5.74) is 1.14. The average Bonchev–Trinajstić information content (AvgIpc) is 3.05. The van der Waals surface area contributed by atoms with Crippen LogP contribution in [-0.2, 0) is 0 Å². The van der Waals surface area contributed by atoms with Gasteiger partial charge >= 0.3 is 0 Å². The summed E-state index contributed by atoms with van der Waals surface area (Å²) in [7, 11) is 0. The molecule has 8 heteroatoms. The first-order valence-corrected chi connectivity index (χ1v) is 8.43. The molecule has 0 aromatic carbocycles. The number of aromatic nitrogens is 3. The van der Waals surface area contributed by atoms with E-state index in [-0.39, 0.29) is 12.0 Å². The first kappa shape index (κ1) is 16.0. The third kappa shape index (κ3) is 3.90. The van der Waals surface area contributed by atoms with Crippen LogP contribution in [0, 0.1) is 0 Å². The lowest BCUT2D eigenvalue weighted by molar-refractivity contribution is 0.0550. The summed E-state index contributed by atoms with van der Waals surface area (Å²) in [6, 6.07) is 0. The van der Waals surface area contributed by atoms with E-state index in [1.165, 1.54) is 11.3 Å². The maximum absolute atomic E-state index is 12.5. The molecule has 1 N–H and O–H groups in total. The molecule has 0 unspecified atom stereocenters. The number of amides is 1. The van der Waals surface area contributed by atoms with Crippen LogP contribution in [0.1, 0.15) is 17.4 Å². The predicted octanol–water partition coefficient (Wildman–Crippen LogP) is 0.739. The van der Waals surface area contributed by atoms with Gasteiger partial charge in [-0.3, -0.25) is 19.7 Å². The smallest absolute Gasteiger partial charge is 0.273 e. The average molecular weight is 333 g/mol. The number of rotatable bonds is 4. The third-order valence-electron chi connectivity index (χ3n) is 3.69. The van der Waals surface area contributed by atoms with E-state index in [1.807, 2.05) is 4.90 Å². The molecule has 1 aliphatic rings. The summed E-state index contributed by atoms with van der Waals surface area (Å²) < 4.78 is 0. The van der Waals surface area contributed by atoms with Gasteiger partial charge in [0.05, 0.1) is 12.3 Å². The lowest BCUT2D eigenvalue weighted by Gasteiger charge is -2.34. The van der Waals surface area contributed by atoms with E-state index in [0.717, 1.165) is 13.1 Å². The van der Waals surface area contributed by atoms with Crippen molar-refractivity contribution in [2.75, 3.05) is 32.7 Å². The van der Waals surface area contributed by atoms with Gasteiger partial charge in [-0.2, -0.15) is 0 Å². The number of thiazole rings is 1. The zero-order chi connectivity index (χ0) is 16.2. The molecule has 0 radical (unpaired) electrons. The van der Waals surface area contributed by atoms with Crippen molar-refractivity contribution in [2.24, 2.45) is 0 Å². The van der Waals surface area contributed by atoms with E-state index in [9.17, 15) is 9.90 Å². The SMILES string of the molecule is C[C@@H](O)CN1CCN(C(=O)c2csc(-c3cnccn3)n2)CC1. The van der Waals surface area contributed by atoms with Gasteiger partial charge in [-0.25, -0.2) is 4.98 Å². The number of hydrogen-bond donors (Lipinski definition) is 1. The first-order chi connectivity index (χ1) is 11.1. The van der Waals surface area contributed by atoms with E-state index in [2.05, 4.69) is 19.9 Å². The van der Waals surface area contributed by atoms with Gasteiger partial charge in [0.25, 0.3) is 5.91 Å². The molecule has 122 valence electrons. The molecular formula is C15H19N5O2S. The Morgan fingerprint density at radius 2 is 2.13 bits per heavy atom. The van der Waals surface area contributed by atoms with Crippen molar-refractivity contribution in [2.45, 2.75) is 13.0 Å². The molecular weight excluding hydrogens is 314 g/mol. The maximum atomic E-state index is 12.5. The summed E-state index contributed by atoms with van der Waals surface area (Å²) in [5, 5.41) is 11.9. The van der Waals surface area contributed by atoms with E-state index in [1.54, 1.807) is 30.9 Å². The fourth-order valence-corrected chi connectivity index (χ4v) is 3.32. The Balaban J connectivity index is 1.62. The van der Waals surface area contributed by atoms with Gasteiger partial charge in [0.15, 0.2) is 0 Å². The Bertz CT molecular complexity index is 653. The quantitative estimate of drug-likeness (QED) is 0.889. The molecule has 2 aromatic heterocycles. The highest BCUT2D eigenvalue weighted by atomic mass is 32.1. The third-order valence-corrected chi connectivity index (χ3v) is 4.55. The van der Waals surface area contributed by atoms with Crippen LogP contribution in [0.5, 0.6) is 0 Å². The van der Waals surface area contributed by atoms with Gasteiger partial charge in [-0.05, 0) is 6.92 Å². The lowest BCUT2D eigenvalue weighted by atomic mass is 10.2. The predicted molar refractivity (Wildman–Crippen MR) is 87.2 cm³/mol. The Morgan fingerprint density at radius 1 is 1.35 bits per heavy atom. The van der Waals surface area contributed by atoms with Crippen LogP contribution in [0.3, 0.4) is 0 Å². The molecule has 1 saturated heterocycles. The second-order valence-corrected chi connectivity index (χ2v) is 6.43. The van der Waals surface area contributed by atoms with E-state index in [0.29, 0.717) is 36.0 Å². The molecule has 1 atom stereocenters. The van der Waals surface area contributed by atoms with Gasteiger partial charge in [0.2, 0.25) is 0 Å². The van der Waals surface area contributed by atoms with Crippen molar-refractivity contribution in [3.8, 4) is 10.7 Å². The Hall–Kier alpha value is -1.90. The topological polar surface area (TPSA) is 82.5 Å². The highest BCUT2D eigenvalue weighted by molar-refractivity contribution is 7.13. The normalized spacial score (nSPS) is 17.2. The van der Waals surface area contributed by atoms with Gasteiger partial charge in [-0.15, -0.1) is 11.3 Å². The van der Waals surface area contributed by atoms with Crippen LogP contribution in [0.4, 0.5) is 0 Å². The Kier molecular flexibility index (Phi) is 4.94. The molecule has 2 aromatic rings. The van der Waals surface area contributed by atoms with E-state index < -0.39 is 0 Å². The van der Waals surface area contributed by atoms with Crippen molar-refractivity contribution in [3.63, 3.8) is 0 Å². The molecule has 23 heavy (non-hydrogen) atoms. The first-order valence-electron chi connectivity index (χ1n) is 7.55. The minimum atomic E-state index is -0.342. The van der Waals surface area contributed by atoms with Crippen LogP contribution in [0.15, 0.2) is 24.0 Å². The monoisotopic (exact) mass is 333 g/mol. The zero-order valence-corrected chi connectivity index (χ0v) is 13.7. The molecule has 0 spiro atoms. The number of aliphatic hydroxyl groups excluding tert-OH is 1. The van der Waals surface area contributed by atoms with Crippen LogP contribution in [-0.4, -0.2) is 74.6 Å². The molecule has 7 nitrogen and oxygen atoms in total. The molecule has 0 saturated carbocycles. The van der Waals surface area contributed by atoms with Crippen LogP contribution in [0.25, 0.3) is 10.7 Å². The Labute approximate surface area is 138 Å². The van der Waals surface area contributed by atoms with Crippen molar-refractivity contribution < 1.29 is 9.90 Å². The lowest BCUT2D eigenvalue weighted by Crippen LogP contribution is -2.50. The number of nitrogens with zero attached hydrogens (tertiary/aromatic N) is 5. The number of aliphatic hydroxyl groups is 1. The van der Waals surface area contributed by atoms with Crippen LogP contribution < -0.4 is 0 Å². The van der Waals surface area contributed by atoms with Crippen molar-refractivity contribution in [1.82, 2.24) is 24.8 Å². The largest absolute Gasteiger partial charge is 0.392 e. The summed E-state index contributed by atoms with van der Waals surface area (Å²) in [6.07, 6.45) is 4.52. The van der Waals surface area contributed by atoms with Gasteiger partial charge in [-0.1, -0.05) is 0 Å². The zero-order valence-electron chi connectivity index (χ0n) is 12.9. The van der Waals surface area contributed by atoms with Crippen LogP contribution in [0.2, 0.25) is 0 Å². The maximum Gasteiger partial charge on any atom is 0.273 e. The highest BCUT2D eigenvalue weighted by Crippen LogP contribution is 2.21. The second-order valence-electron chi connectivity index (χ2n) is 5.57. The highest BCUT2D eigenvalue weighted by Gasteiger charge is 2.24. The van der Waals surface area contributed by atoms with Crippen molar-refractivity contribution in [3.05, 3.63) is 29.7 Å². The fraction of sp³-hybridized carbons (Fsp3) is 0.467. The number of β-amino-alcohol motifs (C(OH)–C–C–N with tert-alkyl or cyclic N) is 1. The number of carbonyl (C=O) groups is 1. The summed E-state index contributed by atoms with van der Waals surface area (Å²) in [5.74, 6) is -0.0481. The summed E-state index contributed by atoms with van der Waals surface area (Å²) in [6.45, 7) is 5.29. The van der Waals surface area contributed by atoms with Gasteiger partial charge in [0, 0.05) is 50.5 Å². The Morgan fingerprint density at radius 3 is 2.78 bits per heavy atom. The molecule has 1 amide bonds. The molecule has 0 bridgehead atoms. The minimum Gasteiger partial charge on any atom is -0.392 e. The summed E-state index contributed by atoms with van der Waals surface area (Å²) >= 11 is 1.40. The number of piperazine rings is 1. The van der Waals surface area contributed by atoms with E-state index >= 15 is 0 Å². The molecule has 3 rings (SSSR count). The second kappa shape index (κ2) is 7.12. The van der Waals surface area contributed by atoms with Gasteiger partial charge in [0.1, 0.15) is 16.4 Å².